The molecule has 0 spiro atoms. The van der Waals surface area contributed by atoms with Crippen molar-refractivity contribution in [3.05, 3.63) is 30.2 Å². The quantitative estimate of drug-likeness (QED) is 0.303. The maximum Gasteiger partial charge on any atom is 0.170 e. The molecular formula is C14H17B2N6Y2-. The van der Waals surface area contributed by atoms with Crippen molar-refractivity contribution in [1.82, 2.24) is 29.9 Å². The molecule has 0 aromatic carbocycles. The van der Waals surface area contributed by atoms with E-state index in [0.29, 0.717) is 18.1 Å². The third-order valence-electron chi connectivity index (χ3n) is 3.01. The van der Waals surface area contributed by atoms with Crippen LogP contribution in [-0.4, -0.2) is 45.6 Å². The molecule has 0 fully saturated rings. The van der Waals surface area contributed by atoms with E-state index in [0.717, 1.165) is 43.8 Å². The maximum atomic E-state index is 5.69. The predicted octanol–water partition coefficient (Wildman–Crippen LogP) is -0.720. The molecule has 24 heavy (non-hydrogen) atoms. The van der Waals surface area contributed by atoms with Gasteiger partial charge in [0.2, 0.25) is 0 Å². The molecule has 0 atom stereocenters. The molecule has 0 aliphatic carbocycles. The van der Waals surface area contributed by atoms with E-state index < -0.39 is 0 Å². The predicted molar refractivity (Wildman–Crippen MR) is 85.5 cm³/mol. The SMILES string of the molecule is [B]c1nc(C)nc(CCCCc2nc([B])nc(CC[CH2-])n2)n1.[Y].[Y]. The molecule has 0 unspecified atom stereocenters. The molecule has 116 valence electrons. The summed E-state index contributed by atoms with van der Waals surface area (Å²) in [5.41, 5.74) is 0.542. The fraction of sp³-hybridized carbons (Fsp3) is 0.500. The molecule has 0 aliphatic rings. The molecule has 0 saturated heterocycles. The number of aromatic nitrogens is 6. The van der Waals surface area contributed by atoms with Crippen LogP contribution < -0.4 is 11.4 Å². The molecule has 0 aliphatic heterocycles. The molecule has 0 saturated carbocycles. The van der Waals surface area contributed by atoms with E-state index in [1.165, 1.54) is 0 Å². The Hall–Kier alpha value is 0.358. The standard InChI is InChI=1S/C14H17B2N6.2Y/c1-3-6-10-19-12(22-14(16)20-10)8-5-4-7-11-17-9(2)18-13(15)21-11;;/h1,3-8H2,2H3;;/q-1;;. The van der Waals surface area contributed by atoms with Crippen LogP contribution in [0.3, 0.4) is 0 Å². The average Bonchev–Trinajstić information content (AvgIpc) is 2.42. The summed E-state index contributed by atoms with van der Waals surface area (Å²) < 4.78 is 0. The summed E-state index contributed by atoms with van der Waals surface area (Å²) in [6.45, 7) is 5.60. The van der Waals surface area contributed by atoms with Crippen molar-refractivity contribution in [3.8, 4) is 0 Å². The first-order chi connectivity index (χ1) is 10.6. The second-order valence-corrected chi connectivity index (χ2v) is 4.99. The Morgan fingerprint density at radius 1 is 0.708 bits per heavy atom. The van der Waals surface area contributed by atoms with Gasteiger partial charge in [-0.2, -0.15) is 6.42 Å². The zero-order chi connectivity index (χ0) is 15.9. The van der Waals surface area contributed by atoms with Crippen LogP contribution in [-0.2, 0) is 84.7 Å². The summed E-state index contributed by atoms with van der Waals surface area (Å²) in [5, 5.41) is 0. The first-order valence-electron chi connectivity index (χ1n) is 7.32. The fourth-order valence-corrected chi connectivity index (χ4v) is 2.11. The van der Waals surface area contributed by atoms with Crippen LogP contribution in [0.2, 0.25) is 0 Å². The molecule has 2 rings (SSSR count). The third kappa shape index (κ3) is 8.64. The van der Waals surface area contributed by atoms with Crippen LogP contribution in [0.5, 0.6) is 0 Å². The van der Waals surface area contributed by atoms with E-state index in [1.54, 1.807) is 6.92 Å². The van der Waals surface area contributed by atoms with Gasteiger partial charge in [0.1, 0.15) is 23.3 Å². The van der Waals surface area contributed by atoms with Gasteiger partial charge in [-0.05, 0) is 26.2 Å². The van der Waals surface area contributed by atoms with Gasteiger partial charge in [0.05, 0.1) is 11.4 Å². The van der Waals surface area contributed by atoms with Crippen molar-refractivity contribution in [1.29, 1.82) is 0 Å². The van der Waals surface area contributed by atoms with Gasteiger partial charge in [0.15, 0.2) is 15.7 Å². The minimum absolute atomic E-state index is 0. The molecule has 0 bridgehead atoms. The molecule has 0 amide bonds. The van der Waals surface area contributed by atoms with E-state index in [2.05, 4.69) is 36.8 Å². The fourth-order valence-electron chi connectivity index (χ4n) is 2.11. The average molecular weight is 469 g/mol. The van der Waals surface area contributed by atoms with E-state index in [9.17, 15) is 0 Å². The Balaban J connectivity index is 0.00000264. The zero-order valence-electron chi connectivity index (χ0n) is 13.9. The van der Waals surface area contributed by atoms with Crippen LogP contribution in [0, 0.1) is 13.8 Å². The molecule has 2 aromatic heterocycles. The van der Waals surface area contributed by atoms with Crippen LogP contribution in [0.1, 0.15) is 42.6 Å². The Morgan fingerprint density at radius 2 is 1.17 bits per heavy atom. The van der Waals surface area contributed by atoms with Gasteiger partial charge in [-0.1, -0.05) is 0 Å². The van der Waals surface area contributed by atoms with Crippen LogP contribution in [0.25, 0.3) is 0 Å². The Labute approximate surface area is 196 Å². The van der Waals surface area contributed by atoms with Gasteiger partial charge < -0.3 is 6.92 Å². The molecule has 2 heterocycles. The topological polar surface area (TPSA) is 77.3 Å². The molecule has 2 aromatic rings. The van der Waals surface area contributed by atoms with Gasteiger partial charge in [-0.3, -0.25) is 0 Å². The summed E-state index contributed by atoms with van der Waals surface area (Å²) >= 11 is 0. The summed E-state index contributed by atoms with van der Waals surface area (Å²) in [5.74, 6) is 2.80. The van der Waals surface area contributed by atoms with Gasteiger partial charge in [-0.15, -0.1) is 0 Å². The van der Waals surface area contributed by atoms with Crippen molar-refractivity contribution in [3.63, 3.8) is 0 Å². The normalized spacial score (nSPS) is 9.92. The van der Waals surface area contributed by atoms with E-state index >= 15 is 0 Å². The first kappa shape index (κ1) is 24.4. The van der Waals surface area contributed by atoms with Crippen molar-refractivity contribution < 1.29 is 65.4 Å². The number of unbranched alkanes of at least 4 members (excludes halogenated alkanes) is 1. The van der Waals surface area contributed by atoms with Crippen molar-refractivity contribution in [2.45, 2.75) is 45.4 Å². The molecule has 6 nitrogen and oxygen atoms in total. The minimum Gasteiger partial charge on any atom is -0.343 e. The Kier molecular flexibility index (Phi) is 12.9. The molecule has 6 radical (unpaired) electrons. The largest absolute Gasteiger partial charge is 0.343 e. The van der Waals surface area contributed by atoms with E-state index in [-0.39, 0.29) is 76.9 Å². The molecular weight excluding hydrogens is 452 g/mol. The number of aryl methyl sites for hydroxylation is 4. The number of hydrogen-bond donors (Lipinski definition) is 0. The summed E-state index contributed by atoms with van der Waals surface area (Å²) in [7, 11) is 11.3. The second kappa shape index (κ2) is 12.7. The van der Waals surface area contributed by atoms with Crippen molar-refractivity contribution in [2.75, 3.05) is 0 Å². The van der Waals surface area contributed by atoms with Crippen LogP contribution >= 0.6 is 0 Å². The van der Waals surface area contributed by atoms with Gasteiger partial charge >= 0.3 is 0 Å². The smallest absolute Gasteiger partial charge is 0.170 e. The Bertz CT molecular complexity index is 624. The zero-order valence-corrected chi connectivity index (χ0v) is 19.6. The maximum absolute atomic E-state index is 5.69. The molecule has 0 N–H and O–H groups in total. The van der Waals surface area contributed by atoms with E-state index in [4.69, 9.17) is 15.7 Å². The first-order valence-corrected chi connectivity index (χ1v) is 7.32. The Morgan fingerprint density at radius 3 is 1.67 bits per heavy atom. The summed E-state index contributed by atoms with van der Waals surface area (Å²) in [6, 6.07) is 0. The van der Waals surface area contributed by atoms with Crippen LogP contribution in [0.15, 0.2) is 0 Å². The monoisotopic (exact) mass is 469 g/mol. The molecule has 10 heteroatoms. The van der Waals surface area contributed by atoms with Crippen molar-refractivity contribution in [2.24, 2.45) is 0 Å². The number of hydrogen-bond acceptors (Lipinski definition) is 6. The van der Waals surface area contributed by atoms with Gasteiger partial charge in [-0.25, -0.2) is 29.9 Å². The minimum atomic E-state index is 0. The van der Waals surface area contributed by atoms with E-state index in [1.807, 2.05) is 0 Å². The van der Waals surface area contributed by atoms with Gasteiger partial charge in [0.25, 0.3) is 0 Å². The van der Waals surface area contributed by atoms with Crippen molar-refractivity contribution >= 4 is 27.1 Å². The van der Waals surface area contributed by atoms with Gasteiger partial charge in [0, 0.05) is 78.3 Å². The van der Waals surface area contributed by atoms with Crippen LogP contribution in [0.4, 0.5) is 0 Å². The summed E-state index contributed by atoms with van der Waals surface area (Å²) in [4.78, 5) is 25.0. The number of nitrogens with zero attached hydrogens (tertiary/aromatic N) is 6. The third-order valence-corrected chi connectivity index (χ3v) is 3.01. The summed E-state index contributed by atoms with van der Waals surface area (Å²) in [6.07, 6.45) is 4.78. The number of rotatable bonds is 7. The second-order valence-electron chi connectivity index (χ2n) is 4.99.